The molecule has 0 unspecified atom stereocenters. The molecule has 1 heterocycles. The topological polar surface area (TPSA) is 88.1 Å². The fourth-order valence-corrected chi connectivity index (χ4v) is 3.58. The van der Waals surface area contributed by atoms with Crippen LogP contribution in [0.2, 0.25) is 0 Å². The summed E-state index contributed by atoms with van der Waals surface area (Å²) in [6.45, 7) is 1.32. The molecule has 1 aromatic carbocycles. The molecule has 1 fully saturated rings. The summed E-state index contributed by atoms with van der Waals surface area (Å²) in [6.07, 6.45) is 2.49. The summed E-state index contributed by atoms with van der Waals surface area (Å²) in [5.41, 5.74) is 0.443. The van der Waals surface area contributed by atoms with Crippen molar-refractivity contribution in [3.8, 4) is 0 Å². The summed E-state index contributed by atoms with van der Waals surface area (Å²) in [6, 6.07) is 6.16. The maximum atomic E-state index is 12.4. The summed E-state index contributed by atoms with van der Waals surface area (Å²) < 4.78 is 33.7. The van der Waals surface area contributed by atoms with Gasteiger partial charge in [0, 0.05) is 45.8 Å². The number of hydrogen-bond donors (Lipinski definition) is 1. The Bertz CT molecular complexity index is 716. The first kappa shape index (κ1) is 18.4. The van der Waals surface area contributed by atoms with Gasteiger partial charge in [-0.15, -0.1) is 4.40 Å². The number of amides is 1. The molecule has 1 aliphatic rings. The van der Waals surface area contributed by atoms with E-state index >= 15 is 0 Å². The van der Waals surface area contributed by atoms with Crippen LogP contribution in [0.5, 0.6) is 0 Å². The fraction of sp³-hybridized carbons (Fsp3) is 0.500. The summed E-state index contributed by atoms with van der Waals surface area (Å²) >= 11 is 0. The minimum atomic E-state index is -3.78. The number of carbonyl (C=O) groups is 1. The number of hydrogen-bond acceptors (Lipinski definition) is 4. The molecule has 1 saturated heterocycles. The lowest BCUT2D eigenvalue weighted by Gasteiger charge is -2.11. The smallest absolute Gasteiger partial charge is 0.284 e. The van der Waals surface area contributed by atoms with Gasteiger partial charge in [0.25, 0.3) is 10.0 Å². The molecule has 1 N–H and O–H groups in total. The zero-order chi connectivity index (χ0) is 17.6. The number of nitrogens with zero attached hydrogens (tertiary/aromatic N) is 2. The van der Waals surface area contributed by atoms with Crippen LogP contribution in [0, 0.1) is 0 Å². The predicted octanol–water partition coefficient (Wildman–Crippen LogP) is 1.86. The van der Waals surface area contributed by atoms with Crippen LogP contribution in [0.1, 0.15) is 25.7 Å². The first-order chi connectivity index (χ1) is 11.4. The lowest BCUT2D eigenvalue weighted by molar-refractivity contribution is -0.116. The number of sulfonamides is 1. The minimum absolute atomic E-state index is 0.0741. The van der Waals surface area contributed by atoms with E-state index in [9.17, 15) is 13.2 Å². The van der Waals surface area contributed by atoms with Gasteiger partial charge < -0.3 is 15.0 Å². The zero-order valence-corrected chi connectivity index (χ0v) is 14.8. The number of nitrogens with one attached hydrogen (secondary N) is 1. The highest BCUT2D eigenvalue weighted by atomic mass is 32.2. The van der Waals surface area contributed by atoms with Gasteiger partial charge >= 0.3 is 0 Å². The van der Waals surface area contributed by atoms with E-state index in [4.69, 9.17) is 4.74 Å². The molecule has 24 heavy (non-hydrogen) atoms. The number of amidine groups is 1. The SMILES string of the molecule is COCCCC(=O)Nc1cccc(S(=O)(=O)N=C2CCCN2C)c1. The van der Waals surface area contributed by atoms with E-state index in [-0.39, 0.29) is 10.8 Å². The Hall–Kier alpha value is -1.93. The Morgan fingerprint density at radius 2 is 2.21 bits per heavy atom. The Balaban J connectivity index is 2.10. The number of ether oxygens (including phenoxy) is 1. The van der Waals surface area contributed by atoms with Crippen molar-refractivity contribution in [3.05, 3.63) is 24.3 Å². The average Bonchev–Trinajstić information content (AvgIpc) is 2.92. The summed E-state index contributed by atoms with van der Waals surface area (Å²) in [4.78, 5) is 13.7. The van der Waals surface area contributed by atoms with Gasteiger partial charge in [0.15, 0.2) is 0 Å². The first-order valence-electron chi connectivity index (χ1n) is 7.86. The van der Waals surface area contributed by atoms with Crippen molar-refractivity contribution >= 4 is 27.5 Å². The van der Waals surface area contributed by atoms with Crippen LogP contribution in [0.15, 0.2) is 33.6 Å². The highest BCUT2D eigenvalue weighted by Gasteiger charge is 2.20. The van der Waals surface area contributed by atoms with Gasteiger partial charge in [0.1, 0.15) is 5.84 Å². The van der Waals surface area contributed by atoms with Crippen molar-refractivity contribution in [2.45, 2.75) is 30.6 Å². The van der Waals surface area contributed by atoms with E-state index in [0.717, 1.165) is 13.0 Å². The predicted molar refractivity (Wildman–Crippen MR) is 92.7 cm³/mol. The summed E-state index contributed by atoms with van der Waals surface area (Å²) in [5, 5.41) is 2.70. The number of anilines is 1. The van der Waals surface area contributed by atoms with Crippen molar-refractivity contribution in [2.75, 3.05) is 32.6 Å². The van der Waals surface area contributed by atoms with Crippen molar-refractivity contribution in [3.63, 3.8) is 0 Å². The molecule has 2 rings (SSSR count). The third-order valence-electron chi connectivity index (χ3n) is 3.73. The van der Waals surface area contributed by atoms with Crippen molar-refractivity contribution < 1.29 is 17.9 Å². The van der Waals surface area contributed by atoms with Crippen LogP contribution in [0.25, 0.3) is 0 Å². The zero-order valence-electron chi connectivity index (χ0n) is 14.0. The molecule has 0 saturated carbocycles. The molecule has 7 nitrogen and oxygen atoms in total. The molecule has 0 spiro atoms. The van der Waals surface area contributed by atoms with E-state index in [2.05, 4.69) is 9.71 Å². The van der Waals surface area contributed by atoms with Gasteiger partial charge in [-0.1, -0.05) is 6.07 Å². The molecular formula is C16H23N3O4S. The molecule has 1 amide bonds. The normalized spacial score (nSPS) is 16.6. The summed E-state index contributed by atoms with van der Waals surface area (Å²) in [5.74, 6) is 0.396. The van der Waals surface area contributed by atoms with Gasteiger partial charge in [0.2, 0.25) is 5.91 Å². The Labute approximate surface area is 142 Å². The quantitative estimate of drug-likeness (QED) is 0.756. The molecule has 1 aromatic rings. The van der Waals surface area contributed by atoms with Crippen LogP contribution < -0.4 is 5.32 Å². The maximum absolute atomic E-state index is 12.4. The molecule has 1 aliphatic heterocycles. The Kier molecular flexibility index (Phi) is 6.33. The molecule has 8 heteroatoms. The molecule has 132 valence electrons. The number of benzene rings is 1. The van der Waals surface area contributed by atoms with E-state index < -0.39 is 10.0 Å². The third kappa shape index (κ3) is 5.04. The highest BCUT2D eigenvalue weighted by molar-refractivity contribution is 7.90. The monoisotopic (exact) mass is 353 g/mol. The van der Waals surface area contributed by atoms with Gasteiger partial charge in [0.05, 0.1) is 4.90 Å². The lowest BCUT2D eigenvalue weighted by atomic mass is 10.2. The standard InChI is InChI=1S/C16H23N3O4S/c1-19-10-4-8-15(19)18-24(21,22)14-7-3-6-13(12-14)17-16(20)9-5-11-23-2/h3,6-7,12H,4-5,8-11H2,1-2H3,(H,17,20). The third-order valence-corrected chi connectivity index (χ3v) is 5.03. The maximum Gasteiger partial charge on any atom is 0.284 e. The Morgan fingerprint density at radius 1 is 1.42 bits per heavy atom. The molecule has 0 aromatic heterocycles. The molecule has 0 bridgehead atoms. The van der Waals surface area contributed by atoms with Crippen molar-refractivity contribution in [1.82, 2.24) is 4.90 Å². The second kappa shape index (κ2) is 8.25. The number of carbonyl (C=O) groups excluding carboxylic acids is 1. The van der Waals surface area contributed by atoms with Crippen LogP contribution >= 0.6 is 0 Å². The van der Waals surface area contributed by atoms with Crippen molar-refractivity contribution in [2.24, 2.45) is 4.40 Å². The van der Waals surface area contributed by atoms with Crippen LogP contribution in [0.4, 0.5) is 5.69 Å². The van der Waals surface area contributed by atoms with Crippen molar-refractivity contribution in [1.29, 1.82) is 0 Å². The largest absolute Gasteiger partial charge is 0.385 e. The summed E-state index contributed by atoms with van der Waals surface area (Å²) in [7, 11) is -0.371. The van der Waals surface area contributed by atoms with Crippen LogP contribution in [-0.4, -0.2) is 52.4 Å². The number of rotatable bonds is 7. The van der Waals surface area contributed by atoms with Gasteiger partial charge in [-0.3, -0.25) is 4.79 Å². The van der Waals surface area contributed by atoms with E-state index in [0.29, 0.717) is 37.4 Å². The van der Waals surface area contributed by atoms with E-state index in [1.54, 1.807) is 19.2 Å². The fourth-order valence-electron chi connectivity index (χ4n) is 2.44. The molecular weight excluding hydrogens is 330 g/mol. The van der Waals surface area contributed by atoms with Gasteiger partial charge in [-0.05, 0) is 31.0 Å². The van der Waals surface area contributed by atoms with Crippen LogP contribution in [-0.2, 0) is 19.6 Å². The molecule has 0 aliphatic carbocycles. The minimum Gasteiger partial charge on any atom is -0.385 e. The van der Waals surface area contributed by atoms with Crippen LogP contribution in [0.3, 0.4) is 0 Å². The van der Waals surface area contributed by atoms with E-state index in [1.807, 2.05) is 11.9 Å². The lowest BCUT2D eigenvalue weighted by Crippen LogP contribution is -2.20. The number of methoxy groups -OCH3 is 1. The van der Waals surface area contributed by atoms with E-state index in [1.165, 1.54) is 12.1 Å². The molecule has 0 atom stereocenters. The number of likely N-dealkylation sites (tertiary alicyclic amines) is 1. The average molecular weight is 353 g/mol. The van der Waals surface area contributed by atoms with Gasteiger partial charge in [-0.25, -0.2) is 0 Å². The first-order valence-corrected chi connectivity index (χ1v) is 9.30. The van der Waals surface area contributed by atoms with Gasteiger partial charge in [-0.2, -0.15) is 8.42 Å². The Morgan fingerprint density at radius 3 is 2.88 bits per heavy atom. The highest BCUT2D eigenvalue weighted by Crippen LogP contribution is 2.20. The second-order valence-corrected chi connectivity index (χ2v) is 7.28. The second-order valence-electron chi connectivity index (χ2n) is 5.68. The molecule has 0 radical (unpaired) electrons.